The lowest BCUT2D eigenvalue weighted by Gasteiger charge is -2.22. The van der Waals surface area contributed by atoms with E-state index < -0.39 is 5.92 Å². The number of benzene rings is 5. The molecule has 0 saturated heterocycles. The number of fused-ring (bicyclic) bond motifs is 2. The summed E-state index contributed by atoms with van der Waals surface area (Å²) in [6.07, 6.45) is 0. The maximum Gasteiger partial charge on any atom is 0.120 e. The van der Waals surface area contributed by atoms with Crippen molar-refractivity contribution in [2.45, 2.75) is 5.92 Å². The molecule has 146 valence electrons. The monoisotopic (exact) mass is 392 g/mol. The Hall–Kier alpha value is -3.98. The summed E-state index contributed by atoms with van der Waals surface area (Å²) < 4.78 is 0. The minimum Gasteiger partial charge on any atom is -0.508 e. The summed E-state index contributed by atoms with van der Waals surface area (Å²) in [6.45, 7) is 0. The van der Waals surface area contributed by atoms with Crippen molar-refractivity contribution in [1.29, 1.82) is 0 Å². The molecule has 0 amide bonds. The summed E-state index contributed by atoms with van der Waals surface area (Å²) in [5, 5.41) is 35.5. The molecular weight excluding hydrogens is 372 g/mol. The minimum absolute atomic E-state index is 0.166. The van der Waals surface area contributed by atoms with Crippen LogP contribution in [-0.4, -0.2) is 15.3 Å². The molecule has 0 aliphatic heterocycles. The largest absolute Gasteiger partial charge is 0.508 e. The van der Waals surface area contributed by atoms with E-state index in [0.717, 1.165) is 27.1 Å². The number of aromatic hydroxyl groups is 3. The third kappa shape index (κ3) is 3.11. The van der Waals surface area contributed by atoms with Crippen molar-refractivity contribution in [2.24, 2.45) is 0 Å². The first kappa shape index (κ1) is 18.1. The van der Waals surface area contributed by atoms with Gasteiger partial charge in [0.15, 0.2) is 0 Å². The van der Waals surface area contributed by atoms with Crippen LogP contribution in [0.25, 0.3) is 21.5 Å². The van der Waals surface area contributed by atoms with Gasteiger partial charge in [-0.1, -0.05) is 60.7 Å². The Morgan fingerprint density at radius 3 is 1.30 bits per heavy atom. The molecule has 0 spiro atoms. The zero-order valence-electron chi connectivity index (χ0n) is 16.2. The van der Waals surface area contributed by atoms with Gasteiger partial charge in [-0.15, -0.1) is 0 Å². The normalized spacial score (nSPS) is 11.4. The fraction of sp³-hybridized carbons (Fsp3) is 0.0370. The molecule has 0 atom stereocenters. The zero-order valence-corrected chi connectivity index (χ0v) is 16.2. The predicted molar refractivity (Wildman–Crippen MR) is 120 cm³/mol. The standard InChI is InChI=1S/C27H20O3/c28-22-11-9-17(10-12-22)27(23-13-18-5-1-3-7-20(18)15-25(23)29)24-14-19-6-2-4-8-21(19)16-26(24)30/h1-16,27-30H. The molecule has 0 heterocycles. The second-order valence-electron chi connectivity index (χ2n) is 7.54. The molecule has 3 nitrogen and oxygen atoms in total. The average molecular weight is 392 g/mol. The summed E-state index contributed by atoms with van der Waals surface area (Å²) in [6, 6.07) is 30.1. The molecule has 30 heavy (non-hydrogen) atoms. The van der Waals surface area contributed by atoms with E-state index in [1.54, 1.807) is 24.3 Å². The summed E-state index contributed by atoms with van der Waals surface area (Å²) in [5.74, 6) is 0.0986. The highest BCUT2D eigenvalue weighted by molar-refractivity contribution is 5.87. The molecule has 3 heteroatoms. The van der Waals surface area contributed by atoms with Gasteiger partial charge in [0.25, 0.3) is 0 Å². The topological polar surface area (TPSA) is 60.7 Å². The second-order valence-corrected chi connectivity index (χ2v) is 7.54. The molecule has 0 radical (unpaired) electrons. The van der Waals surface area contributed by atoms with Crippen LogP contribution in [0.2, 0.25) is 0 Å². The quantitative estimate of drug-likeness (QED) is 0.316. The average Bonchev–Trinajstić information content (AvgIpc) is 2.76. The van der Waals surface area contributed by atoms with Crippen LogP contribution >= 0.6 is 0 Å². The lowest BCUT2D eigenvalue weighted by Crippen LogP contribution is -2.04. The fourth-order valence-electron chi connectivity index (χ4n) is 4.15. The smallest absolute Gasteiger partial charge is 0.120 e. The Labute approximate surface area is 174 Å². The molecular formula is C27H20O3. The first-order valence-electron chi connectivity index (χ1n) is 9.82. The van der Waals surface area contributed by atoms with Crippen LogP contribution in [0, 0.1) is 0 Å². The van der Waals surface area contributed by atoms with Gasteiger partial charge in [-0.25, -0.2) is 0 Å². The van der Waals surface area contributed by atoms with E-state index in [4.69, 9.17) is 0 Å². The molecule has 0 aliphatic rings. The number of hydrogen-bond acceptors (Lipinski definition) is 3. The van der Waals surface area contributed by atoms with Crippen LogP contribution in [-0.2, 0) is 0 Å². The van der Waals surface area contributed by atoms with Gasteiger partial charge in [0.05, 0.1) is 0 Å². The minimum atomic E-state index is -0.403. The van der Waals surface area contributed by atoms with Crippen LogP contribution in [0.1, 0.15) is 22.6 Å². The molecule has 5 aromatic rings. The molecule has 0 saturated carbocycles. The van der Waals surface area contributed by atoms with Gasteiger partial charge in [0, 0.05) is 17.0 Å². The van der Waals surface area contributed by atoms with Crippen molar-refractivity contribution in [1.82, 2.24) is 0 Å². The summed E-state index contributed by atoms with van der Waals surface area (Å²) in [4.78, 5) is 0. The van der Waals surface area contributed by atoms with E-state index in [1.165, 1.54) is 0 Å². The van der Waals surface area contributed by atoms with Crippen molar-refractivity contribution in [2.75, 3.05) is 0 Å². The van der Waals surface area contributed by atoms with Crippen LogP contribution in [0.3, 0.4) is 0 Å². The molecule has 0 aliphatic carbocycles. The van der Waals surface area contributed by atoms with Crippen molar-refractivity contribution < 1.29 is 15.3 Å². The van der Waals surface area contributed by atoms with Gasteiger partial charge in [-0.05, 0) is 63.5 Å². The molecule has 3 N–H and O–H groups in total. The molecule has 5 aromatic carbocycles. The zero-order chi connectivity index (χ0) is 20.7. The van der Waals surface area contributed by atoms with Crippen LogP contribution in [0.15, 0.2) is 97.1 Å². The molecule has 0 bridgehead atoms. The lowest BCUT2D eigenvalue weighted by molar-refractivity contribution is 0.459. The predicted octanol–water partition coefficient (Wildman–Crippen LogP) is 6.29. The first-order chi connectivity index (χ1) is 14.6. The number of hydrogen-bond donors (Lipinski definition) is 3. The van der Waals surface area contributed by atoms with Gasteiger partial charge in [0.2, 0.25) is 0 Å². The summed E-state index contributed by atoms with van der Waals surface area (Å²) in [7, 11) is 0. The first-order valence-corrected chi connectivity index (χ1v) is 9.82. The van der Waals surface area contributed by atoms with E-state index in [0.29, 0.717) is 11.1 Å². The third-order valence-corrected chi connectivity index (χ3v) is 5.64. The van der Waals surface area contributed by atoms with Crippen LogP contribution in [0.4, 0.5) is 0 Å². The van der Waals surface area contributed by atoms with Gasteiger partial charge in [-0.2, -0.15) is 0 Å². The number of phenolic OH excluding ortho intramolecular Hbond substituents is 3. The van der Waals surface area contributed by atoms with Crippen molar-refractivity contribution in [3.05, 3.63) is 114 Å². The van der Waals surface area contributed by atoms with Crippen molar-refractivity contribution in [3.8, 4) is 17.2 Å². The van der Waals surface area contributed by atoms with Gasteiger partial charge in [0.1, 0.15) is 17.2 Å². The van der Waals surface area contributed by atoms with Crippen LogP contribution < -0.4 is 0 Å². The Morgan fingerprint density at radius 2 is 0.867 bits per heavy atom. The lowest BCUT2D eigenvalue weighted by atomic mass is 9.82. The molecule has 0 fully saturated rings. The second kappa shape index (κ2) is 7.12. The van der Waals surface area contributed by atoms with Crippen LogP contribution in [0.5, 0.6) is 17.2 Å². The SMILES string of the molecule is Oc1ccc(C(c2cc3ccccc3cc2O)c2cc3ccccc3cc2O)cc1. The van der Waals surface area contributed by atoms with Gasteiger partial charge >= 0.3 is 0 Å². The van der Waals surface area contributed by atoms with E-state index in [9.17, 15) is 15.3 Å². The third-order valence-electron chi connectivity index (χ3n) is 5.64. The summed E-state index contributed by atoms with van der Waals surface area (Å²) in [5.41, 5.74) is 2.26. The van der Waals surface area contributed by atoms with Crippen molar-refractivity contribution >= 4 is 21.5 Å². The molecule has 5 rings (SSSR count). The Bertz CT molecular complexity index is 1290. The van der Waals surface area contributed by atoms with Gasteiger partial charge in [-0.3, -0.25) is 0 Å². The number of phenols is 3. The Kier molecular flexibility index (Phi) is 4.29. The Balaban J connectivity index is 1.80. The van der Waals surface area contributed by atoms with E-state index >= 15 is 0 Å². The fourth-order valence-corrected chi connectivity index (χ4v) is 4.15. The van der Waals surface area contributed by atoms with Gasteiger partial charge < -0.3 is 15.3 Å². The highest BCUT2D eigenvalue weighted by Gasteiger charge is 2.24. The van der Waals surface area contributed by atoms with Crippen molar-refractivity contribution in [3.63, 3.8) is 0 Å². The Morgan fingerprint density at radius 1 is 0.467 bits per heavy atom. The van der Waals surface area contributed by atoms with E-state index in [2.05, 4.69) is 0 Å². The maximum absolute atomic E-state index is 10.9. The van der Waals surface area contributed by atoms with E-state index in [-0.39, 0.29) is 17.2 Å². The highest BCUT2D eigenvalue weighted by atomic mass is 16.3. The highest BCUT2D eigenvalue weighted by Crippen LogP contribution is 2.43. The number of rotatable bonds is 3. The summed E-state index contributed by atoms with van der Waals surface area (Å²) >= 11 is 0. The maximum atomic E-state index is 10.9. The molecule has 0 unspecified atom stereocenters. The van der Waals surface area contributed by atoms with E-state index in [1.807, 2.05) is 72.8 Å². The molecule has 0 aromatic heterocycles.